The van der Waals surface area contributed by atoms with Crippen LogP contribution in [0.2, 0.25) is 0 Å². The number of ether oxygens (including phenoxy) is 2. The maximum Gasteiger partial charge on any atom is 0.338 e. The van der Waals surface area contributed by atoms with Crippen molar-refractivity contribution in [1.29, 1.82) is 0 Å². The molecule has 2 fully saturated rings. The molecule has 0 radical (unpaired) electrons. The van der Waals surface area contributed by atoms with Gasteiger partial charge in [0.1, 0.15) is 17.6 Å². The van der Waals surface area contributed by atoms with Crippen LogP contribution in [0.15, 0.2) is 65.2 Å². The number of hydrogen-bond donors (Lipinski definition) is 1. The van der Waals surface area contributed by atoms with Gasteiger partial charge in [-0.25, -0.2) is 4.79 Å². The van der Waals surface area contributed by atoms with Crippen LogP contribution in [0, 0.1) is 0 Å². The normalized spacial score (nSPS) is 22.4. The Morgan fingerprint density at radius 1 is 1.21 bits per heavy atom. The van der Waals surface area contributed by atoms with Crippen molar-refractivity contribution < 1.29 is 18.7 Å². The second kappa shape index (κ2) is 9.33. The van der Waals surface area contributed by atoms with Crippen LogP contribution in [-0.4, -0.2) is 47.3 Å². The van der Waals surface area contributed by atoms with Crippen molar-refractivity contribution in [3.05, 3.63) is 77.8 Å². The minimum atomic E-state index is -0.404. The Labute approximate surface area is 197 Å². The molecule has 2 aromatic heterocycles. The lowest BCUT2D eigenvalue weighted by Gasteiger charge is -2.28. The average molecular weight is 464 g/mol. The van der Waals surface area contributed by atoms with E-state index in [1.165, 1.54) is 7.11 Å². The molecule has 0 saturated carbocycles. The molecule has 0 amide bonds. The zero-order valence-electron chi connectivity index (χ0n) is 18.3. The molecule has 7 nitrogen and oxygen atoms in total. The van der Waals surface area contributed by atoms with Gasteiger partial charge in [-0.15, -0.1) is 0 Å². The Kier molecular flexibility index (Phi) is 6.11. The molecule has 2 aliphatic heterocycles. The van der Waals surface area contributed by atoms with Gasteiger partial charge < -0.3 is 24.1 Å². The summed E-state index contributed by atoms with van der Waals surface area (Å²) >= 11 is 5.73. The number of carbonyl (C=O) groups is 1. The highest BCUT2D eigenvalue weighted by atomic mass is 32.1. The van der Waals surface area contributed by atoms with Crippen LogP contribution in [0.4, 0.5) is 0 Å². The first-order chi connectivity index (χ1) is 16.2. The molecule has 3 atom stereocenters. The van der Waals surface area contributed by atoms with Crippen molar-refractivity contribution in [3.63, 3.8) is 0 Å². The van der Waals surface area contributed by atoms with Crippen molar-refractivity contribution in [2.75, 3.05) is 20.3 Å². The summed E-state index contributed by atoms with van der Waals surface area (Å²) in [4.78, 5) is 19.0. The van der Waals surface area contributed by atoms with E-state index in [0.29, 0.717) is 28.5 Å². The zero-order valence-corrected chi connectivity index (χ0v) is 19.1. The molecule has 5 rings (SSSR count). The third-order valence-electron chi connectivity index (χ3n) is 6.14. The minimum Gasteiger partial charge on any atom is -0.465 e. The van der Waals surface area contributed by atoms with Crippen LogP contribution < -0.4 is 5.32 Å². The van der Waals surface area contributed by atoms with Gasteiger partial charge in [-0.3, -0.25) is 4.98 Å². The number of carbonyl (C=O) groups excluding carboxylic acids is 1. The van der Waals surface area contributed by atoms with Gasteiger partial charge >= 0.3 is 5.97 Å². The SMILES string of the molecule is COC(=O)c1ccccc1-c1ccc(C2C(c3ccccn3)NC(=S)N2CC2CCCO2)o1. The van der Waals surface area contributed by atoms with E-state index < -0.39 is 5.97 Å². The number of nitrogens with zero attached hydrogens (tertiary/aromatic N) is 2. The number of pyridine rings is 1. The number of thiocarbonyl (C=S) groups is 1. The Balaban J connectivity index is 1.52. The summed E-state index contributed by atoms with van der Waals surface area (Å²) in [6.45, 7) is 1.46. The van der Waals surface area contributed by atoms with Gasteiger partial charge in [-0.05, 0) is 55.4 Å². The quantitative estimate of drug-likeness (QED) is 0.429. The highest BCUT2D eigenvalue weighted by molar-refractivity contribution is 7.80. The molecule has 0 aliphatic carbocycles. The second-order valence-electron chi connectivity index (χ2n) is 8.15. The lowest BCUT2D eigenvalue weighted by Crippen LogP contribution is -2.36. The lowest BCUT2D eigenvalue weighted by molar-refractivity contribution is 0.0601. The summed E-state index contributed by atoms with van der Waals surface area (Å²) < 4.78 is 17.2. The van der Waals surface area contributed by atoms with Crippen molar-refractivity contribution >= 4 is 23.3 Å². The third-order valence-corrected chi connectivity index (χ3v) is 6.49. The van der Waals surface area contributed by atoms with E-state index in [1.54, 1.807) is 18.3 Å². The van der Waals surface area contributed by atoms with Crippen molar-refractivity contribution in [2.45, 2.75) is 31.0 Å². The number of benzene rings is 1. The van der Waals surface area contributed by atoms with Gasteiger partial charge in [0.05, 0.1) is 30.5 Å². The smallest absolute Gasteiger partial charge is 0.338 e. The van der Waals surface area contributed by atoms with Crippen LogP contribution in [0.1, 0.15) is 46.7 Å². The van der Waals surface area contributed by atoms with Crippen LogP contribution in [-0.2, 0) is 9.47 Å². The number of esters is 1. The lowest BCUT2D eigenvalue weighted by atomic mass is 10.0. The molecule has 4 heterocycles. The molecule has 170 valence electrons. The molecular weight excluding hydrogens is 438 g/mol. The first-order valence-electron chi connectivity index (χ1n) is 11.0. The molecule has 3 unspecified atom stereocenters. The first-order valence-corrected chi connectivity index (χ1v) is 11.4. The van der Waals surface area contributed by atoms with Gasteiger partial charge in [0.2, 0.25) is 0 Å². The molecule has 8 heteroatoms. The fourth-order valence-corrected chi connectivity index (χ4v) is 4.88. The highest BCUT2D eigenvalue weighted by Gasteiger charge is 2.43. The zero-order chi connectivity index (χ0) is 22.8. The monoisotopic (exact) mass is 463 g/mol. The van der Waals surface area contributed by atoms with Gasteiger partial charge in [-0.1, -0.05) is 24.3 Å². The molecule has 0 spiro atoms. The highest BCUT2D eigenvalue weighted by Crippen LogP contribution is 2.41. The Morgan fingerprint density at radius 2 is 2.06 bits per heavy atom. The van der Waals surface area contributed by atoms with Crippen molar-refractivity contribution in [3.8, 4) is 11.3 Å². The van der Waals surface area contributed by atoms with Gasteiger partial charge in [0, 0.05) is 24.9 Å². The van der Waals surface area contributed by atoms with Crippen molar-refractivity contribution in [2.24, 2.45) is 0 Å². The van der Waals surface area contributed by atoms with Crippen molar-refractivity contribution in [1.82, 2.24) is 15.2 Å². The van der Waals surface area contributed by atoms with E-state index in [2.05, 4.69) is 15.2 Å². The predicted octanol–water partition coefficient (Wildman–Crippen LogP) is 4.28. The van der Waals surface area contributed by atoms with Crippen LogP contribution in [0.3, 0.4) is 0 Å². The molecule has 0 bridgehead atoms. The van der Waals surface area contributed by atoms with Gasteiger partial charge in [0.15, 0.2) is 5.11 Å². The van der Waals surface area contributed by atoms with Crippen LogP contribution in [0.25, 0.3) is 11.3 Å². The molecule has 1 aromatic carbocycles. The molecule has 2 aliphatic rings. The number of hydrogen-bond acceptors (Lipinski definition) is 6. The summed E-state index contributed by atoms with van der Waals surface area (Å²) in [5.74, 6) is 0.935. The Bertz CT molecular complexity index is 1140. The third kappa shape index (κ3) is 4.24. The molecular formula is C25H25N3O4S. The largest absolute Gasteiger partial charge is 0.465 e. The molecule has 1 N–H and O–H groups in total. The molecule has 3 aromatic rings. The summed E-state index contributed by atoms with van der Waals surface area (Å²) in [5, 5.41) is 4.09. The average Bonchev–Trinajstić information content (AvgIpc) is 3.61. The topological polar surface area (TPSA) is 76.8 Å². The van der Waals surface area contributed by atoms with E-state index in [4.69, 9.17) is 26.1 Å². The Hall–Kier alpha value is -3.23. The van der Waals surface area contributed by atoms with Gasteiger partial charge in [0.25, 0.3) is 0 Å². The summed E-state index contributed by atoms with van der Waals surface area (Å²) in [6, 6.07) is 16.6. The maximum atomic E-state index is 12.3. The molecule has 2 saturated heterocycles. The summed E-state index contributed by atoms with van der Waals surface area (Å²) in [6.07, 6.45) is 3.97. The number of rotatable bonds is 6. The fraction of sp³-hybridized carbons (Fsp3) is 0.320. The van der Waals surface area contributed by atoms with E-state index in [1.807, 2.05) is 42.5 Å². The number of nitrogens with one attached hydrogen (secondary N) is 1. The number of methoxy groups -OCH3 is 1. The second-order valence-corrected chi connectivity index (χ2v) is 8.54. The maximum absolute atomic E-state index is 12.3. The fourth-order valence-electron chi connectivity index (χ4n) is 4.56. The summed E-state index contributed by atoms with van der Waals surface area (Å²) in [7, 11) is 1.37. The van der Waals surface area contributed by atoms with Crippen LogP contribution >= 0.6 is 12.2 Å². The standard InChI is InChI=1S/C25H25N3O4S/c1-30-24(29)18-9-3-2-8-17(18)20-11-12-21(32-20)23-22(19-10-4-5-13-26-19)27-25(33)28(23)15-16-7-6-14-31-16/h2-5,8-13,16,22-23H,6-7,14-15H2,1H3,(H,27,33). The predicted molar refractivity (Wildman–Crippen MR) is 127 cm³/mol. The van der Waals surface area contributed by atoms with E-state index in [-0.39, 0.29) is 18.2 Å². The van der Waals surface area contributed by atoms with E-state index in [0.717, 1.165) is 30.9 Å². The number of aromatic nitrogens is 1. The van der Waals surface area contributed by atoms with Crippen LogP contribution in [0.5, 0.6) is 0 Å². The van der Waals surface area contributed by atoms with Gasteiger partial charge in [-0.2, -0.15) is 0 Å². The summed E-state index contributed by atoms with van der Waals surface area (Å²) in [5.41, 5.74) is 2.02. The first kappa shape index (κ1) is 21.6. The van der Waals surface area contributed by atoms with E-state index >= 15 is 0 Å². The minimum absolute atomic E-state index is 0.129. The Morgan fingerprint density at radius 3 is 2.82 bits per heavy atom. The number of furan rings is 1. The van der Waals surface area contributed by atoms with E-state index in [9.17, 15) is 4.79 Å². The molecule has 33 heavy (non-hydrogen) atoms.